The van der Waals surface area contributed by atoms with Gasteiger partial charge in [-0.3, -0.25) is 14.4 Å². The van der Waals surface area contributed by atoms with E-state index in [2.05, 4.69) is 10.1 Å². The van der Waals surface area contributed by atoms with Crippen molar-refractivity contribution in [2.24, 2.45) is 11.8 Å². The van der Waals surface area contributed by atoms with Gasteiger partial charge in [0, 0.05) is 55.0 Å². The topological polar surface area (TPSA) is 89.9 Å². The van der Waals surface area contributed by atoms with E-state index in [1.165, 1.54) is 46.9 Å². The van der Waals surface area contributed by atoms with Crippen molar-refractivity contribution in [3.63, 3.8) is 0 Å². The van der Waals surface area contributed by atoms with Gasteiger partial charge >= 0.3 is 6.61 Å². The van der Waals surface area contributed by atoms with Crippen molar-refractivity contribution < 1.29 is 36.6 Å². The monoisotopic (exact) mass is 573 g/mol. The van der Waals surface area contributed by atoms with E-state index in [0.29, 0.717) is 12.5 Å². The van der Waals surface area contributed by atoms with E-state index in [9.17, 15) is 23.2 Å². The van der Waals surface area contributed by atoms with Crippen LogP contribution in [0.25, 0.3) is 0 Å². The summed E-state index contributed by atoms with van der Waals surface area (Å²) in [6.07, 6.45) is 3.67. The molecule has 2 aromatic carbocycles. The van der Waals surface area contributed by atoms with E-state index >= 15 is 8.78 Å². The molecule has 1 saturated heterocycles. The van der Waals surface area contributed by atoms with Gasteiger partial charge in [0.15, 0.2) is 0 Å². The van der Waals surface area contributed by atoms with Crippen molar-refractivity contribution in [3.8, 4) is 11.5 Å². The predicted molar refractivity (Wildman–Crippen MR) is 140 cm³/mol. The van der Waals surface area contributed by atoms with Crippen molar-refractivity contribution in [2.75, 3.05) is 25.1 Å². The third-order valence-electron chi connectivity index (χ3n) is 7.37. The Labute approximate surface area is 232 Å². The van der Waals surface area contributed by atoms with Crippen LogP contribution >= 0.6 is 0 Å². The highest BCUT2D eigenvalue weighted by Crippen LogP contribution is 2.39. The Morgan fingerprint density at radius 1 is 1.05 bits per heavy atom. The molecule has 2 amide bonds. The Bertz CT molecular complexity index is 1480. The maximum Gasteiger partial charge on any atom is 0.387 e. The van der Waals surface area contributed by atoms with Gasteiger partial charge in [-0.15, -0.1) is 0 Å². The molecule has 8 nitrogen and oxygen atoms in total. The van der Waals surface area contributed by atoms with Crippen LogP contribution in [0.2, 0.25) is 0 Å². The Hall–Kier alpha value is -4.35. The van der Waals surface area contributed by atoms with Gasteiger partial charge in [-0.05, 0) is 55.2 Å². The first-order valence-corrected chi connectivity index (χ1v) is 13.0. The van der Waals surface area contributed by atoms with Crippen molar-refractivity contribution in [1.82, 2.24) is 9.88 Å². The number of benzene rings is 2. The summed E-state index contributed by atoms with van der Waals surface area (Å²) in [4.78, 5) is 41.0. The number of anilines is 1. The van der Waals surface area contributed by atoms with Crippen LogP contribution in [0.5, 0.6) is 11.5 Å². The Morgan fingerprint density at radius 3 is 2.34 bits per heavy atom. The maximum atomic E-state index is 15.2. The molecule has 3 aromatic rings. The molecular weight excluding hydrogens is 546 g/mol. The minimum atomic E-state index is -3.02. The molecule has 216 valence electrons. The molecule has 1 saturated carbocycles. The molecular formula is C29H27F4N3O5. The minimum Gasteiger partial charge on any atom is -0.497 e. The van der Waals surface area contributed by atoms with Crippen LogP contribution in [0.4, 0.5) is 23.2 Å². The fraction of sp³-hybridized carbons (Fsp3) is 0.345. The van der Waals surface area contributed by atoms with Crippen molar-refractivity contribution in [2.45, 2.75) is 31.9 Å². The van der Waals surface area contributed by atoms with Crippen molar-refractivity contribution in [1.29, 1.82) is 0 Å². The summed E-state index contributed by atoms with van der Waals surface area (Å²) in [6, 6.07) is 10.1. The van der Waals surface area contributed by atoms with Gasteiger partial charge in [0.2, 0.25) is 5.91 Å². The molecule has 1 aromatic heterocycles. The van der Waals surface area contributed by atoms with Gasteiger partial charge in [-0.2, -0.15) is 8.78 Å². The number of pyridine rings is 1. The lowest BCUT2D eigenvalue weighted by Gasteiger charge is -2.19. The van der Waals surface area contributed by atoms with Crippen LogP contribution in [-0.4, -0.2) is 43.2 Å². The number of methoxy groups -OCH3 is 1. The number of hydrogen-bond donors (Lipinski definition) is 1. The average Bonchev–Trinajstić information content (AvgIpc) is 3.70. The number of nitrogens with zero attached hydrogens (tertiary/aromatic N) is 2. The third-order valence-corrected chi connectivity index (χ3v) is 7.37. The molecule has 0 bridgehead atoms. The fourth-order valence-electron chi connectivity index (χ4n) is 5.10. The largest absolute Gasteiger partial charge is 0.497 e. The minimum absolute atomic E-state index is 0.0416. The van der Waals surface area contributed by atoms with E-state index in [0.717, 1.165) is 25.0 Å². The molecule has 2 aliphatic rings. The summed E-state index contributed by atoms with van der Waals surface area (Å²) in [5.74, 6) is -5.02. The lowest BCUT2D eigenvalue weighted by atomic mass is 9.87. The number of rotatable bonds is 10. The molecule has 2 atom stereocenters. The maximum absolute atomic E-state index is 15.2. The van der Waals surface area contributed by atoms with E-state index in [4.69, 9.17) is 4.74 Å². The highest BCUT2D eigenvalue weighted by molar-refractivity contribution is 5.99. The number of carbonyl (C=O) groups is 2. The number of halogens is 4. The molecule has 12 heteroatoms. The summed E-state index contributed by atoms with van der Waals surface area (Å²) in [7, 11) is 1.27. The molecule has 1 aliphatic carbocycles. The standard InChI is InChI=1S/C29H27F4N3O5/c1-40-19-11-22(30)25(23(31)12-19)21-15-36(24-3-2-10-35(28(24)39)14-16-4-5-16)27(38)20(21)13-34-26(37)17-6-8-18(9-7-17)41-29(32)33/h2-3,6-12,16,20-21,29H,4-5,13-15H2,1H3,(H,34,37)/t20?,21-/m1/s1. The molecule has 1 unspecified atom stereocenters. The van der Waals surface area contributed by atoms with Crippen LogP contribution in [0.1, 0.15) is 34.7 Å². The fourth-order valence-corrected chi connectivity index (χ4v) is 5.10. The molecule has 5 rings (SSSR count). The SMILES string of the molecule is COc1cc(F)c([C@@H]2CN(c3cccn(CC4CC4)c3=O)C(=O)C2CNC(=O)c2ccc(OC(F)F)cc2)c(F)c1. The van der Waals surface area contributed by atoms with Gasteiger partial charge in [-0.1, -0.05) is 0 Å². The Morgan fingerprint density at radius 2 is 1.73 bits per heavy atom. The lowest BCUT2D eigenvalue weighted by Crippen LogP contribution is -2.38. The Kier molecular flexibility index (Phi) is 8.00. The first-order chi connectivity index (χ1) is 19.7. The number of amides is 2. The quantitative estimate of drug-likeness (QED) is 0.365. The van der Waals surface area contributed by atoms with Crippen LogP contribution in [-0.2, 0) is 11.3 Å². The van der Waals surface area contributed by atoms with Gasteiger partial charge in [-0.25, -0.2) is 8.78 Å². The number of ether oxygens (including phenoxy) is 2. The number of hydrogen-bond acceptors (Lipinski definition) is 5. The highest BCUT2D eigenvalue weighted by Gasteiger charge is 2.45. The van der Waals surface area contributed by atoms with Crippen molar-refractivity contribution in [3.05, 3.63) is 87.8 Å². The van der Waals surface area contributed by atoms with Crippen LogP contribution in [0, 0.1) is 23.5 Å². The summed E-state index contributed by atoms with van der Waals surface area (Å²) < 4.78 is 66.0. The molecule has 41 heavy (non-hydrogen) atoms. The van der Waals surface area contributed by atoms with Gasteiger partial charge < -0.3 is 24.3 Å². The van der Waals surface area contributed by atoms with Crippen LogP contribution < -0.4 is 25.2 Å². The predicted octanol–water partition coefficient (Wildman–Crippen LogP) is 4.32. The summed E-state index contributed by atoms with van der Waals surface area (Å²) in [6.45, 7) is -3.01. The van der Waals surface area contributed by atoms with Crippen LogP contribution in [0.3, 0.4) is 0 Å². The smallest absolute Gasteiger partial charge is 0.387 e. The molecule has 0 spiro atoms. The molecule has 1 N–H and O–H groups in total. The van der Waals surface area contributed by atoms with E-state index < -0.39 is 47.5 Å². The molecule has 1 aliphatic heterocycles. The second-order valence-corrected chi connectivity index (χ2v) is 10.1. The van der Waals surface area contributed by atoms with Crippen LogP contribution in [0.15, 0.2) is 59.5 Å². The summed E-state index contributed by atoms with van der Waals surface area (Å²) in [5, 5.41) is 2.60. The number of nitrogens with one attached hydrogen (secondary N) is 1. The summed E-state index contributed by atoms with van der Waals surface area (Å²) >= 11 is 0. The zero-order valence-corrected chi connectivity index (χ0v) is 22.0. The number of carbonyl (C=O) groups excluding carboxylic acids is 2. The normalized spacial score (nSPS) is 18.6. The first kappa shape index (κ1) is 28.2. The van der Waals surface area contributed by atoms with E-state index in [-0.39, 0.29) is 41.4 Å². The zero-order chi connectivity index (χ0) is 29.3. The average molecular weight is 574 g/mol. The van der Waals surface area contributed by atoms with E-state index in [1.54, 1.807) is 12.3 Å². The summed E-state index contributed by atoms with van der Waals surface area (Å²) in [5.41, 5.74) is -0.569. The zero-order valence-electron chi connectivity index (χ0n) is 22.0. The third kappa shape index (κ3) is 6.06. The highest BCUT2D eigenvalue weighted by atomic mass is 19.3. The van der Waals surface area contributed by atoms with E-state index in [1.807, 2.05) is 0 Å². The molecule has 2 heterocycles. The second-order valence-electron chi connectivity index (χ2n) is 10.1. The number of alkyl halides is 2. The molecule has 0 radical (unpaired) electrons. The van der Waals surface area contributed by atoms with Crippen molar-refractivity contribution >= 4 is 17.5 Å². The first-order valence-electron chi connectivity index (χ1n) is 13.0. The lowest BCUT2D eigenvalue weighted by molar-refractivity contribution is -0.120. The molecule has 2 fully saturated rings. The van der Waals surface area contributed by atoms with Gasteiger partial charge in [0.25, 0.3) is 11.5 Å². The van der Waals surface area contributed by atoms with Gasteiger partial charge in [0.1, 0.15) is 28.8 Å². The Balaban J connectivity index is 1.43. The van der Waals surface area contributed by atoms with Gasteiger partial charge in [0.05, 0.1) is 13.0 Å². The second kappa shape index (κ2) is 11.6. The number of aromatic nitrogens is 1.